The van der Waals surface area contributed by atoms with Gasteiger partial charge in [-0.3, -0.25) is 9.80 Å². The summed E-state index contributed by atoms with van der Waals surface area (Å²) in [7, 11) is 0. The minimum absolute atomic E-state index is 0.0691. The van der Waals surface area contributed by atoms with Crippen molar-refractivity contribution in [3.05, 3.63) is 130 Å². The van der Waals surface area contributed by atoms with Crippen molar-refractivity contribution in [1.29, 1.82) is 0 Å². The molecule has 0 saturated heterocycles. The van der Waals surface area contributed by atoms with Gasteiger partial charge in [0, 0.05) is 12.1 Å². The van der Waals surface area contributed by atoms with Crippen LogP contribution in [0.4, 0.5) is 0 Å². The molecule has 5 rings (SSSR count). The Morgan fingerprint density at radius 2 is 1.10 bits per heavy atom. The first kappa shape index (κ1) is 27.4. The molecule has 0 bridgehead atoms. The summed E-state index contributed by atoms with van der Waals surface area (Å²) >= 11 is 0. The van der Waals surface area contributed by atoms with E-state index in [1.807, 2.05) is 0 Å². The van der Waals surface area contributed by atoms with Gasteiger partial charge in [0.2, 0.25) is 0 Å². The van der Waals surface area contributed by atoms with Crippen LogP contribution >= 0.6 is 0 Å². The van der Waals surface area contributed by atoms with E-state index in [1.165, 1.54) is 44.5 Å². The first-order valence-electron chi connectivity index (χ1n) is 14.8. The van der Waals surface area contributed by atoms with Crippen LogP contribution in [0.5, 0.6) is 0 Å². The minimum atomic E-state index is -0.373. The summed E-state index contributed by atoms with van der Waals surface area (Å²) in [5.41, 5.74) is 10.5. The third kappa shape index (κ3) is 4.54. The van der Waals surface area contributed by atoms with E-state index in [1.54, 1.807) is 0 Å². The summed E-state index contributed by atoms with van der Waals surface area (Å²) in [6.45, 7) is 18.9. The lowest BCUT2D eigenvalue weighted by molar-refractivity contribution is 0.135. The van der Waals surface area contributed by atoms with Crippen LogP contribution in [-0.2, 0) is 17.5 Å². The van der Waals surface area contributed by atoms with Crippen LogP contribution < -0.4 is 0 Å². The highest BCUT2D eigenvalue weighted by atomic mass is 15.2. The number of fused-ring (bicyclic) bond motifs is 3. The van der Waals surface area contributed by atoms with Crippen LogP contribution in [0.25, 0.3) is 11.1 Å². The zero-order chi connectivity index (χ0) is 27.6. The maximum atomic E-state index is 2.56. The van der Waals surface area contributed by atoms with Crippen molar-refractivity contribution in [1.82, 2.24) is 9.80 Å². The van der Waals surface area contributed by atoms with Crippen LogP contribution in [-0.4, -0.2) is 36.0 Å². The zero-order valence-corrected chi connectivity index (χ0v) is 24.7. The predicted octanol–water partition coefficient (Wildman–Crippen LogP) is 8.47. The smallest absolute Gasteiger partial charge is 0.0713 e. The van der Waals surface area contributed by atoms with Gasteiger partial charge in [0.05, 0.1) is 5.41 Å². The minimum Gasteiger partial charge on any atom is -0.300 e. The van der Waals surface area contributed by atoms with Crippen molar-refractivity contribution in [2.75, 3.05) is 26.2 Å². The zero-order valence-electron chi connectivity index (χ0n) is 24.7. The fourth-order valence-electron chi connectivity index (χ4n) is 6.92. The van der Waals surface area contributed by atoms with Crippen LogP contribution in [0.1, 0.15) is 74.9 Å². The standard InChI is InChI=1S/C37H44N2/c1-7-38(8-2)27-28-21-23-32-33-24-22-31(36(5,6)39(9-3)10-4)26-35(33)37(34(32)25-28,29-17-13-11-14-18-29)30-19-15-12-16-20-30/h11-26H,7-10,27H2,1-6H3. The topological polar surface area (TPSA) is 6.48 Å². The van der Waals surface area contributed by atoms with Gasteiger partial charge >= 0.3 is 0 Å². The molecular weight excluding hydrogens is 472 g/mol. The number of hydrogen-bond acceptors (Lipinski definition) is 2. The van der Waals surface area contributed by atoms with Crippen molar-refractivity contribution in [3.8, 4) is 11.1 Å². The van der Waals surface area contributed by atoms with E-state index in [0.717, 1.165) is 32.7 Å². The van der Waals surface area contributed by atoms with Gasteiger partial charge in [0.15, 0.2) is 0 Å². The average molecular weight is 517 g/mol. The lowest BCUT2D eigenvalue weighted by Gasteiger charge is -2.39. The van der Waals surface area contributed by atoms with E-state index in [9.17, 15) is 0 Å². The molecule has 0 atom stereocenters. The molecule has 0 heterocycles. The number of nitrogens with zero attached hydrogens (tertiary/aromatic N) is 2. The molecule has 1 aliphatic rings. The fraction of sp³-hybridized carbons (Fsp3) is 0.351. The van der Waals surface area contributed by atoms with E-state index >= 15 is 0 Å². The Labute approximate surface area is 236 Å². The maximum absolute atomic E-state index is 2.56. The van der Waals surface area contributed by atoms with Gasteiger partial charge in [-0.25, -0.2) is 0 Å². The molecule has 2 heteroatoms. The third-order valence-electron chi connectivity index (χ3n) is 9.18. The van der Waals surface area contributed by atoms with Gasteiger partial charge in [-0.05, 0) is 84.5 Å². The van der Waals surface area contributed by atoms with Gasteiger partial charge in [0.25, 0.3) is 0 Å². The molecule has 0 amide bonds. The largest absolute Gasteiger partial charge is 0.300 e. The second-order valence-electron chi connectivity index (χ2n) is 11.3. The molecule has 0 radical (unpaired) electrons. The predicted molar refractivity (Wildman–Crippen MR) is 166 cm³/mol. The van der Waals surface area contributed by atoms with Crippen molar-refractivity contribution >= 4 is 0 Å². The summed E-state index contributed by atoms with van der Waals surface area (Å²) in [5.74, 6) is 0. The summed E-state index contributed by atoms with van der Waals surface area (Å²) in [4.78, 5) is 5.06. The highest BCUT2D eigenvalue weighted by Crippen LogP contribution is 2.57. The number of rotatable bonds is 10. The molecule has 0 N–H and O–H groups in total. The average Bonchev–Trinajstić information content (AvgIpc) is 3.27. The van der Waals surface area contributed by atoms with E-state index < -0.39 is 0 Å². The first-order valence-corrected chi connectivity index (χ1v) is 14.8. The molecular formula is C37H44N2. The monoisotopic (exact) mass is 516 g/mol. The second-order valence-corrected chi connectivity index (χ2v) is 11.3. The van der Waals surface area contributed by atoms with Crippen molar-refractivity contribution in [2.45, 2.75) is 59.0 Å². The molecule has 0 unspecified atom stereocenters. The normalized spacial score (nSPS) is 14.1. The van der Waals surface area contributed by atoms with Gasteiger partial charge in [-0.1, -0.05) is 125 Å². The molecule has 4 aromatic rings. The molecule has 4 aromatic carbocycles. The first-order chi connectivity index (χ1) is 18.9. The molecule has 1 aliphatic carbocycles. The summed E-state index contributed by atoms with van der Waals surface area (Å²) in [5, 5.41) is 0. The van der Waals surface area contributed by atoms with Gasteiger partial charge in [0.1, 0.15) is 0 Å². The molecule has 2 nitrogen and oxygen atoms in total. The van der Waals surface area contributed by atoms with Crippen molar-refractivity contribution < 1.29 is 0 Å². The third-order valence-corrected chi connectivity index (χ3v) is 9.18. The lowest BCUT2D eigenvalue weighted by Crippen LogP contribution is -2.41. The van der Waals surface area contributed by atoms with Crippen LogP contribution in [0.3, 0.4) is 0 Å². The van der Waals surface area contributed by atoms with Crippen LogP contribution in [0, 0.1) is 0 Å². The number of hydrogen-bond donors (Lipinski definition) is 0. The maximum Gasteiger partial charge on any atom is 0.0713 e. The Bertz CT molecular complexity index is 1360. The summed E-state index contributed by atoms with van der Waals surface area (Å²) in [6.07, 6.45) is 0. The molecule has 0 aromatic heterocycles. The Hall–Kier alpha value is -3.20. The quantitative estimate of drug-likeness (QED) is 0.184. The SMILES string of the molecule is CCN(CC)Cc1ccc2c(c1)C(c1ccccc1)(c1ccccc1)c1cc(C(C)(C)N(CC)CC)ccc1-2. The number of benzene rings is 4. The molecule has 202 valence electrons. The Kier molecular flexibility index (Phi) is 7.80. The molecule has 0 aliphatic heterocycles. The van der Waals surface area contributed by atoms with Crippen molar-refractivity contribution in [3.63, 3.8) is 0 Å². The molecule has 39 heavy (non-hydrogen) atoms. The van der Waals surface area contributed by atoms with Crippen molar-refractivity contribution in [2.24, 2.45) is 0 Å². The van der Waals surface area contributed by atoms with E-state index in [4.69, 9.17) is 0 Å². The van der Waals surface area contributed by atoms with Crippen LogP contribution in [0.15, 0.2) is 97.1 Å². The highest BCUT2D eigenvalue weighted by molar-refractivity contribution is 5.86. The molecule has 0 fully saturated rings. The summed E-state index contributed by atoms with van der Waals surface area (Å²) < 4.78 is 0. The van der Waals surface area contributed by atoms with E-state index in [-0.39, 0.29) is 11.0 Å². The fourth-order valence-corrected chi connectivity index (χ4v) is 6.92. The Morgan fingerprint density at radius 3 is 1.62 bits per heavy atom. The van der Waals surface area contributed by atoms with Gasteiger partial charge < -0.3 is 0 Å². The van der Waals surface area contributed by atoms with E-state index in [0.29, 0.717) is 0 Å². The lowest BCUT2D eigenvalue weighted by atomic mass is 9.67. The Balaban J connectivity index is 1.83. The highest BCUT2D eigenvalue weighted by Gasteiger charge is 2.47. The Morgan fingerprint density at radius 1 is 0.590 bits per heavy atom. The van der Waals surface area contributed by atoms with Gasteiger partial charge in [-0.15, -0.1) is 0 Å². The molecule has 0 saturated carbocycles. The second kappa shape index (κ2) is 11.1. The van der Waals surface area contributed by atoms with Gasteiger partial charge in [-0.2, -0.15) is 0 Å². The molecule has 0 spiro atoms. The van der Waals surface area contributed by atoms with Crippen LogP contribution in [0.2, 0.25) is 0 Å². The summed E-state index contributed by atoms with van der Waals surface area (Å²) in [6, 6.07) is 36.9. The van der Waals surface area contributed by atoms with E-state index in [2.05, 4.69) is 148 Å².